The average Bonchev–Trinajstić information content (AvgIpc) is 2.67. The number of nitrogens with one attached hydrogen (secondary N) is 1. The van der Waals surface area contributed by atoms with E-state index in [0.29, 0.717) is 38.5 Å². The number of amides is 1. The molecule has 28 heavy (non-hydrogen) atoms. The van der Waals surface area contributed by atoms with Gasteiger partial charge in [-0.25, -0.2) is 4.79 Å². The first-order chi connectivity index (χ1) is 13.6. The molecule has 0 aliphatic carbocycles. The SMILES string of the molecule is CCCCCCCCCCCCCCOC(=O)CCCNC(=O)OCC(C)C. The Balaban J connectivity index is 3.26. The lowest BCUT2D eigenvalue weighted by molar-refractivity contribution is -0.143. The first-order valence-electron chi connectivity index (χ1n) is 11.6. The van der Waals surface area contributed by atoms with Gasteiger partial charge in [-0.2, -0.15) is 0 Å². The summed E-state index contributed by atoms with van der Waals surface area (Å²) in [6.45, 7) is 7.59. The van der Waals surface area contributed by atoms with Crippen molar-refractivity contribution in [1.82, 2.24) is 5.32 Å². The van der Waals surface area contributed by atoms with Crippen LogP contribution < -0.4 is 5.32 Å². The van der Waals surface area contributed by atoms with Crippen LogP contribution in [0.5, 0.6) is 0 Å². The fourth-order valence-electron chi connectivity index (χ4n) is 2.92. The number of unbranched alkanes of at least 4 members (excludes halogenated alkanes) is 11. The summed E-state index contributed by atoms with van der Waals surface area (Å²) in [7, 11) is 0. The summed E-state index contributed by atoms with van der Waals surface area (Å²) in [5.74, 6) is 0.140. The molecule has 0 fully saturated rings. The minimum absolute atomic E-state index is 0.180. The van der Waals surface area contributed by atoms with Gasteiger partial charge in [0, 0.05) is 13.0 Å². The minimum Gasteiger partial charge on any atom is -0.466 e. The Morgan fingerprint density at radius 2 is 1.29 bits per heavy atom. The molecule has 1 amide bonds. The third-order valence-corrected chi connectivity index (χ3v) is 4.64. The number of hydrogen-bond donors (Lipinski definition) is 1. The maximum Gasteiger partial charge on any atom is 0.407 e. The molecule has 0 aromatic carbocycles. The van der Waals surface area contributed by atoms with Crippen molar-refractivity contribution in [3.05, 3.63) is 0 Å². The number of carbonyl (C=O) groups is 2. The van der Waals surface area contributed by atoms with E-state index in [4.69, 9.17) is 9.47 Å². The van der Waals surface area contributed by atoms with Gasteiger partial charge in [-0.1, -0.05) is 91.4 Å². The lowest BCUT2D eigenvalue weighted by Gasteiger charge is -2.08. The van der Waals surface area contributed by atoms with E-state index in [1.165, 1.54) is 64.2 Å². The highest BCUT2D eigenvalue weighted by Crippen LogP contribution is 2.12. The molecule has 0 aromatic rings. The molecule has 0 unspecified atom stereocenters. The van der Waals surface area contributed by atoms with Gasteiger partial charge in [0.2, 0.25) is 0 Å². The lowest BCUT2D eigenvalue weighted by Crippen LogP contribution is -2.27. The van der Waals surface area contributed by atoms with Crippen molar-refractivity contribution >= 4 is 12.1 Å². The highest BCUT2D eigenvalue weighted by Gasteiger charge is 2.05. The second kappa shape index (κ2) is 20.5. The van der Waals surface area contributed by atoms with Crippen LogP contribution in [-0.4, -0.2) is 31.8 Å². The average molecular weight is 400 g/mol. The molecule has 0 aliphatic heterocycles. The van der Waals surface area contributed by atoms with Gasteiger partial charge in [-0.15, -0.1) is 0 Å². The van der Waals surface area contributed by atoms with Gasteiger partial charge >= 0.3 is 12.1 Å². The summed E-state index contributed by atoms with van der Waals surface area (Å²) in [5.41, 5.74) is 0. The van der Waals surface area contributed by atoms with Crippen molar-refractivity contribution in [1.29, 1.82) is 0 Å². The zero-order chi connectivity index (χ0) is 20.9. The number of carbonyl (C=O) groups excluding carboxylic acids is 2. The molecule has 0 saturated carbocycles. The Bertz CT molecular complexity index is 372. The van der Waals surface area contributed by atoms with Crippen molar-refractivity contribution < 1.29 is 19.1 Å². The van der Waals surface area contributed by atoms with Crippen molar-refractivity contribution in [3.63, 3.8) is 0 Å². The maximum absolute atomic E-state index is 11.6. The fourth-order valence-corrected chi connectivity index (χ4v) is 2.92. The van der Waals surface area contributed by atoms with Gasteiger partial charge < -0.3 is 14.8 Å². The summed E-state index contributed by atoms with van der Waals surface area (Å²) >= 11 is 0. The third kappa shape index (κ3) is 21.0. The van der Waals surface area contributed by atoms with Gasteiger partial charge in [0.25, 0.3) is 0 Å². The molecule has 0 bridgehead atoms. The number of esters is 1. The van der Waals surface area contributed by atoms with Gasteiger partial charge in [-0.3, -0.25) is 4.79 Å². The van der Waals surface area contributed by atoms with Gasteiger partial charge in [-0.05, 0) is 18.8 Å². The summed E-state index contributed by atoms with van der Waals surface area (Å²) in [5, 5.41) is 2.64. The number of alkyl carbamates (subject to hydrolysis) is 1. The topological polar surface area (TPSA) is 64.6 Å². The van der Waals surface area contributed by atoms with Crippen LogP contribution in [0.25, 0.3) is 0 Å². The van der Waals surface area contributed by atoms with E-state index in [-0.39, 0.29) is 5.97 Å². The largest absolute Gasteiger partial charge is 0.466 e. The molecule has 1 N–H and O–H groups in total. The molecule has 0 saturated heterocycles. The van der Waals surface area contributed by atoms with E-state index in [1.807, 2.05) is 13.8 Å². The predicted octanol–water partition coefficient (Wildman–Crippen LogP) is 6.39. The molecule has 0 aliphatic rings. The van der Waals surface area contributed by atoms with E-state index in [9.17, 15) is 9.59 Å². The van der Waals surface area contributed by atoms with Crippen LogP contribution in [-0.2, 0) is 14.3 Å². The van der Waals surface area contributed by atoms with E-state index >= 15 is 0 Å². The fraction of sp³-hybridized carbons (Fsp3) is 0.913. The molecule has 0 rings (SSSR count). The molecule has 0 spiro atoms. The highest BCUT2D eigenvalue weighted by atomic mass is 16.5. The number of ether oxygens (including phenoxy) is 2. The Morgan fingerprint density at radius 3 is 1.82 bits per heavy atom. The molecular formula is C23H45NO4. The summed E-state index contributed by atoms with van der Waals surface area (Å²) < 4.78 is 10.2. The second-order valence-corrected chi connectivity index (χ2v) is 8.13. The Labute approximate surface area is 173 Å². The molecule has 0 radical (unpaired) electrons. The van der Waals surface area contributed by atoms with E-state index in [1.54, 1.807) is 0 Å². The zero-order valence-electron chi connectivity index (χ0n) is 18.7. The monoisotopic (exact) mass is 399 g/mol. The number of hydrogen-bond acceptors (Lipinski definition) is 4. The molecule has 0 atom stereocenters. The predicted molar refractivity (Wildman–Crippen MR) is 115 cm³/mol. The maximum atomic E-state index is 11.6. The van der Waals surface area contributed by atoms with Crippen molar-refractivity contribution in [3.8, 4) is 0 Å². The minimum atomic E-state index is -0.418. The van der Waals surface area contributed by atoms with Crippen LogP contribution >= 0.6 is 0 Å². The molecule has 166 valence electrons. The molecular weight excluding hydrogens is 354 g/mol. The van der Waals surface area contributed by atoms with Crippen LogP contribution in [0.2, 0.25) is 0 Å². The first-order valence-corrected chi connectivity index (χ1v) is 11.6. The Kier molecular flexibility index (Phi) is 19.6. The zero-order valence-corrected chi connectivity index (χ0v) is 18.7. The van der Waals surface area contributed by atoms with Gasteiger partial charge in [0.15, 0.2) is 0 Å². The molecule has 5 nitrogen and oxygen atoms in total. The van der Waals surface area contributed by atoms with Crippen molar-refractivity contribution in [2.75, 3.05) is 19.8 Å². The standard InChI is InChI=1S/C23H45NO4/c1-4-5-6-7-8-9-10-11-12-13-14-15-19-27-22(25)17-16-18-24-23(26)28-20-21(2)3/h21H,4-20H2,1-3H3,(H,24,26). The lowest BCUT2D eigenvalue weighted by atomic mass is 10.1. The molecule has 5 heteroatoms. The van der Waals surface area contributed by atoms with Crippen LogP contribution in [0.4, 0.5) is 4.79 Å². The van der Waals surface area contributed by atoms with Gasteiger partial charge in [0.05, 0.1) is 13.2 Å². The summed E-state index contributed by atoms with van der Waals surface area (Å²) in [6, 6.07) is 0. The van der Waals surface area contributed by atoms with Crippen LogP contribution in [0.1, 0.15) is 111 Å². The van der Waals surface area contributed by atoms with Crippen molar-refractivity contribution in [2.45, 2.75) is 111 Å². The molecule has 0 aromatic heterocycles. The summed E-state index contributed by atoms with van der Waals surface area (Å²) in [4.78, 5) is 23.0. The summed E-state index contributed by atoms with van der Waals surface area (Å²) in [6.07, 6.45) is 16.1. The third-order valence-electron chi connectivity index (χ3n) is 4.64. The second-order valence-electron chi connectivity index (χ2n) is 8.13. The van der Waals surface area contributed by atoms with E-state index < -0.39 is 6.09 Å². The van der Waals surface area contributed by atoms with Crippen LogP contribution in [0.3, 0.4) is 0 Å². The van der Waals surface area contributed by atoms with Gasteiger partial charge in [0.1, 0.15) is 0 Å². The highest BCUT2D eigenvalue weighted by molar-refractivity contribution is 5.69. The van der Waals surface area contributed by atoms with E-state index in [0.717, 1.165) is 12.8 Å². The number of rotatable bonds is 19. The van der Waals surface area contributed by atoms with Crippen molar-refractivity contribution in [2.24, 2.45) is 5.92 Å². The van der Waals surface area contributed by atoms with Crippen LogP contribution in [0, 0.1) is 5.92 Å². The molecule has 0 heterocycles. The van der Waals surface area contributed by atoms with E-state index in [2.05, 4.69) is 12.2 Å². The first kappa shape index (κ1) is 26.7. The Hall–Kier alpha value is -1.26. The Morgan fingerprint density at radius 1 is 0.750 bits per heavy atom. The quantitative estimate of drug-likeness (QED) is 0.202. The van der Waals surface area contributed by atoms with Crippen LogP contribution in [0.15, 0.2) is 0 Å². The normalized spacial score (nSPS) is 10.9. The smallest absolute Gasteiger partial charge is 0.407 e.